The molecule has 1 aliphatic heterocycles. The van der Waals surface area contributed by atoms with Crippen LogP contribution in [0.5, 0.6) is 0 Å². The molecule has 1 atom stereocenters. The first kappa shape index (κ1) is 9.46. The van der Waals surface area contributed by atoms with Crippen molar-refractivity contribution >= 4 is 5.69 Å². The number of benzene rings is 2. The predicted molar refractivity (Wildman–Crippen MR) is 67.7 cm³/mol. The molecule has 0 bridgehead atoms. The highest BCUT2D eigenvalue weighted by Crippen LogP contribution is 2.33. The lowest BCUT2D eigenvalue weighted by Gasteiger charge is -2.12. The lowest BCUT2D eigenvalue weighted by molar-refractivity contribution is 0.823. The second kappa shape index (κ2) is 3.67. The lowest BCUT2D eigenvalue weighted by Crippen LogP contribution is -2.05. The SMILES string of the molecule is Cc1cccc(C2Cc3ccccc3N2)c1. The first-order chi connectivity index (χ1) is 7.83. The van der Waals surface area contributed by atoms with Gasteiger partial charge in [-0.2, -0.15) is 0 Å². The summed E-state index contributed by atoms with van der Waals surface area (Å²) in [5, 5.41) is 3.58. The van der Waals surface area contributed by atoms with E-state index in [4.69, 9.17) is 0 Å². The summed E-state index contributed by atoms with van der Waals surface area (Å²) in [6.07, 6.45) is 1.10. The van der Waals surface area contributed by atoms with Crippen LogP contribution in [0.25, 0.3) is 0 Å². The molecule has 0 spiro atoms. The molecule has 1 aliphatic rings. The van der Waals surface area contributed by atoms with E-state index in [9.17, 15) is 0 Å². The fourth-order valence-corrected chi connectivity index (χ4v) is 2.39. The molecule has 0 aromatic heterocycles. The van der Waals surface area contributed by atoms with Crippen LogP contribution in [-0.4, -0.2) is 0 Å². The molecule has 0 fully saturated rings. The van der Waals surface area contributed by atoms with Crippen molar-refractivity contribution in [2.75, 3.05) is 5.32 Å². The Morgan fingerprint density at radius 1 is 1.06 bits per heavy atom. The highest BCUT2D eigenvalue weighted by Gasteiger charge is 2.20. The Morgan fingerprint density at radius 2 is 1.94 bits per heavy atom. The van der Waals surface area contributed by atoms with Crippen molar-refractivity contribution < 1.29 is 0 Å². The smallest absolute Gasteiger partial charge is 0.0555 e. The fraction of sp³-hybridized carbons (Fsp3) is 0.200. The Hall–Kier alpha value is -1.76. The van der Waals surface area contributed by atoms with Gasteiger partial charge in [-0.15, -0.1) is 0 Å². The van der Waals surface area contributed by atoms with E-state index in [2.05, 4.69) is 60.8 Å². The molecule has 0 radical (unpaired) electrons. The Bertz CT molecular complexity index is 491. The standard InChI is InChI=1S/C15H15N/c1-11-5-4-7-12(9-11)15-10-13-6-2-3-8-14(13)16-15/h2-9,15-16H,10H2,1H3. The highest BCUT2D eigenvalue weighted by molar-refractivity contribution is 5.58. The van der Waals surface area contributed by atoms with Crippen LogP contribution in [0.1, 0.15) is 22.7 Å². The van der Waals surface area contributed by atoms with E-state index in [0.717, 1.165) is 6.42 Å². The summed E-state index contributed by atoms with van der Waals surface area (Å²) in [6, 6.07) is 17.8. The van der Waals surface area contributed by atoms with Crippen LogP contribution in [0.3, 0.4) is 0 Å². The second-order valence-electron chi connectivity index (χ2n) is 4.47. The van der Waals surface area contributed by atoms with E-state index < -0.39 is 0 Å². The minimum absolute atomic E-state index is 0.442. The fourth-order valence-electron chi connectivity index (χ4n) is 2.39. The van der Waals surface area contributed by atoms with Gasteiger partial charge in [0, 0.05) is 5.69 Å². The zero-order chi connectivity index (χ0) is 11.0. The zero-order valence-corrected chi connectivity index (χ0v) is 9.40. The topological polar surface area (TPSA) is 12.0 Å². The first-order valence-corrected chi connectivity index (χ1v) is 5.74. The average molecular weight is 209 g/mol. The molecule has 1 N–H and O–H groups in total. The quantitative estimate of drug-likeness (QED) is 0.755. The Balaban J connectivity index is 1.91. The maximum Gasteiger partial charge on any atom is 0.0555 e. The summed E-state index contributed by atoms with van der Waals surface area (Å²) in [4.78, 5) is 0. The van der Waals surface area contributed by atoms with Gasteiger partial charge >= 0.3 is 0 Å². The zero-order valence-electron chi connectivity index (χ0n) is 9.40. The van der Waals surface area contributed by atoms with Gasteiger partial charge < -0.3 is 5.32 Å². The maximum atomic E-state index is 3.58. The summed E-state index contributed by atoms with van der Waals surface area (Å²) in [5.41, 5.74) is 5.43. The van der Waals surface area contributed by atoms with E-state index in [1.807, 2.05) is 0 Å². The van der Waals surface area contributed by atoms with E-state index in [1.54, 1.807) is 0 Å². The van der Waals surface area contributed by atoms with Crippen molar-refractivity contribution in [2.24, 2.45) is 0 Å². The minimum Gasteiger partial charge on any atom is -0.378 e. The molecule has 0 saturated carbocycles. The molecule has 1 heteroatoms. The molecule has 1 heterocycles. The lowest BCUT2D eigenvalue weighted by atomic mass is 10.0. The molecular formula is C15H15N. The first-order valence-electron chi connectivity index (χ1n) is 5.74. The van der Waals surface area contributed by atoms with Crippen LogP contribution < -0.4 is 5.32 Å². The summed E-state index contributed by atoms with van der Waals surface area (Å²) in [7, 11) is 0. The number of anilines is 1. The van der Waals surface area contributed by atoms with Crippen molar-refractivity contribution in [1.29, 1.82) is 0 Å². The molecule has 1 unspecified atom stereocenters. The van der Waals surface area contributed by atoms with Crippen molar-refractivity contribution in [1.82, 2.24) is 0 Å². The molecular weight excluding hydrogens is 194 g/mol. The normalized spacial score (nSPS) is 17.9. The molecule has 2 aromatic rings. The molecule has 3 rings (SSSR count). The van der Waals surface area contributed by atoms with E-state index in [1.165, 1.54) is 22.4 Å². The van der Waals surface area contributed by atoms with Gasteiger partial charge in [-0.1, -0.05) is 48.0 Å². The van der Waals surface area contributed by atoms with Gasteiger partial charge in [-0.05, 0) is 30.5 Å². The third-order valence-electron chi connectivity index (χ3n) is 3.22. The Labute approximate surface area is 96.1 Å². The van der Waals surface area contributed by atoms with Crippen LogP contribution in [0.2, 0.25) is 0 Å². The number of nitrogens with one attached hydrogen (secondary N) is 1. The number of hydrogen-bond donors (Lipinski definition) is 1. The van der Waals surface area contributed by atoms with Crippen molar-refractivity contribution in [3.05, 3.63) is 65.2 Å². The van der Waals surface area contributed by atoms with Gasteiger partial charge in [-0.25, -0.2) is 0 Å². The van der Waals surface area contributed by atoms with E-state index in [0.29, 0.717) is 6.04 Å². The molecule has 0 aliphatic carbocycles. The van der Waals surface area contributed by atoms with E-state index >= 15 is 0 Å². The molecule has 1 nitrogen and oxygen atoms in total. The average Bonchev–Trinajstić information content (AvgIpc) is 2.72. The van der Waals surface area contributed by atoms with E-state index in [-0.39, 0.29) is 0 Å². The highest BCUT2D eigenvalue weighted by atomic mass is 14.9. The number of hydrogen-bond acceptors (Lipinski definition) is 1. The van der Waals surface area contributed by atoms with Crippen molar-refractivity contribution in [3.63, 3.8) is 0 Å². The number of rotatable bonds is 1. The molecule has 80 valence electrons. The third kappa shape index (κ3) is 1.58. The largest absolute Gasteiger partial charge is 0.378 e. The molecule has 16 heavy (non-hydrogen) atoms. The van der Waals surface area contributed by atoms with Gasteiger partial charge in [0.25, 0.3) is 0 Å². The summed E-state index contributed by atoms with van der Waals surface area (Å²) in [6.45, 7) is 2.14. The van der Waals surface area contributed by atoms with Crippen molar-refractivity contribution in [2.45, 2.75) is 19.4 Å². The number of fused-ring (bicyclic) bond motifs is 1. The van der Waals surface area contributed by atoms with Crippen LogP contribution in [0.4, 0.5) is 5.69 Å². The van der Waals surface area contributed by atoms with Crippen LogP contribution in [0, 0.1) is 6.92 Å². The Kier molecular flexibility index (Phi) is 2.17. The summed E-state index contributed by atoms with van der Waals surface area (Å²) in [5.74, 6) is 0. The number of para-hydroxylation sites is 1. The van der Waals surface area contributed by atoms with Crippen molar-refractivity contribution in [3.8, 4) is 0 Å². The maximum absolute atomic E-state index is 3.58. The monoisotopic (exact) mass is 209 g/mol. The second-order valence-corrected chi connectivity index (χ2v) is 4.47. The van der Waals surface area contributed by atoms with Gasteiger partial charge in [-0.3, -0.25) is 0 Å². The van der Waals surface area contributed by atoms with Gasteiger partial charge in [0.1, 0.15) is 0 Å². The van der Waals surface area contributed by atoms with Gasteiger partial charge in [0.2, 0.25) is 0 Å². The molecule has 2 aromatic carbocycles. The number of aryl methyl sites for hydroxylation is 1. The van der Waals surface area contributed by atoms with Crippen LogP contribution in [-0.2, 0) is 6.42 Å². The van der Waals surface area contributed by atoms with Crippen LogP contribution in [0.15, 0.2) is 48.5 Å². The Morgan fingerprint density at radius 3 is 2.75 bits per heavy atom. The predicted octanol–water partition coefficient (Wildman–Crippen LogP) is 3.70. The third-order valence-corrected chi connectivity index (χ3v) is 3.22. The summed E-state index contributed by atoms with van der Waals surface area (Å²) >= 11 is 0. The minimum atomic E-state index is 0.442. The van der Waals surface area contributed by atoms with Gasteiger partial charge in [0.15, 0.2) is 0 Å². The molecule has 0 saturated heterocycles. The van der Waals surface area contributed by atoms with Crippen LogP contribution >= 0.6 is 0 Å². The summed E-state index contributed by atoms with van der Waals surface area (Å²) < 4.78 is 0. The molecule has 0 amide bonds. The van der Waals surface area contributed by atoms with Gasteiger partial charge in [0.05, 0.1) is 6.04 Å².